The van der Waals surface area contributed by atoms with Crippen molar-refractivity contribution in [3.63, 3.8) is 0 Å². The first-order valence-corrected chi connectivity index (χ1v) is 5.32. The van der Waals surface area contributed by atoms with Crippen LogP contribution in [0.3, 0.4) is 0 Å². The number of aryl methyl sites for hydroxylation is 1. The third kappa shape index (κ3) is 2.09. The molecule has 1 aliphatic heterocycles. The molecular formula is C10H11F5N2O. The molecule has 2 rings (SSSR count). The van der Waals surface area contributed by atoms with Crippen molar-refractivity contribution in [3.05, 3.63) is 17.5 Å². The van der Waals surface area contributed by atoms with Gasteiger partial charge in [0.1, 0.15) is 5.69 Å². The van der Waals surface area contributed by atoms with Crippen LogP contribution < -0.4 is 0 Å². The van der Waals surface area contributed by atoms with Crippen LogP contribution in [0.2, 0.25) is 0 Å². The predicted octanol–water partition coefficient (Wildman–Crippen LogP) is 2.81. The molecule has 0 saturated carbocycles. The monoisotopic (exact) mass is 270 g/mol. The summed E-state index contributed by atoms with van der Waals surface area (Å²) in [7, 11) is 0. The number of rotatable bonds is 2. The van der Waals surface area contributed by atoms with E-state index in [9.17, 15) is 22.0 Å². The van der Waals surface area contributed by atoms with Gasteiger partial charge < -0.3 is 4.74 Å². The highest BCUT2D eigenvalue weighted by atomic mass is 19.4. The van der Waals surface area contributed by atoms with E-state index >= 15 is 0 Å². The van der Waals surface area contributed by atoms with E-state index in [1.807, 2.05) is 0 Å². The maximum absolute atomic E-state index is 13.4. The molecule has 0 spiro atoms. The Labute approximate surface area is 99.5 Å². The lowest BCUT2D eigenvalue weighted by Gasteiger charge is -2.22. The average molecular weight is 270 g/mol. The summed E-state index contributed by atoms with van der Waals surface area (Å²) in [5, 5.41) is 3.73. The van der Waals surface area contributed by atoms with Crippen LogP contribution in [0.1, 0.15) is 23.9 Å². The van der Waals surface area contributed by atoms with Crippen molar-refractivity contribution < 1.29 is 26.7 Å². The van der Waals surface area contributed by atoms with Gasteiger partial charge >= 0.3 is 12.1 Å². The summed E-state index contributed by atoms with van der Waals surface area (Å²) >= 11 is 0. The molecule has 1 aromatic heterocycles. The summed E-state index contributed by atoms with van der Waals surface area (Å²) in [6.45, 7) is 1.81. The van der Waals surface area contributed by atoms with E-state index in [0.29, 0.717) is 13.0 Å². The van der Waals surface area contributed by atoms with Gasteiger partial charge in [-0.15, -0.1) is 0 Å². The molecule has 0 N–H and O–H groups in total. The largest absolute Gasteiger partial charge is 0.459 e. The Bertz CT molecular complexity index is 434. The molecule has 1 saturated heterocycles. The summed E-state index contributed by atoms with van der Waals surface area (Å²) in [5.74, 6) is -4.91. The van der Waals surface area contributed by atoms with Gasteiger partial charge in [-0.1, -0.05) is 0 Å². The molecule has 2 heterocycles. The second-order valence-corrected chi connectivity index (χ2v) is 4.21. The molecule has 0 aliphatic carbocycles. The summed E-state index contributed by atoms with van der Waals surface area (Å²) in [6.07, 6.45) is -5.25. The Morgan fingerprint density at radius 1 is 1.33 bits per heavy atom. The van der Waals surface area contributed by atoms with E-state index in [1.165, 1.54) is 6.92 Å². The predicted molar refractivity (Wildman–Crippen MR) is 51.4 cm³/mol. The second kappa shape index (κ2) is 4.18. The van der Waals surface area contributed by atoms with Crippen LogP contribution in [0.4, 0.5) is 22.0 Å². The topological polar surface area (TPSA) is 27.1 Å². The van der Waals surface area contributed by atoms with Crippen LogP contribution in [0.5, 0.6) is 0 Å². The number of nitrogens with zero attached hydrogens (tertiary/aromatic N) is 2. The van der Waals surface area contributed by atoms with Gasteiger partial charge in [-0.05, 0) is 19.4 Å². The molecule has 1 unspecified atom stereocenters. The minimum atomic E-state index is -5.63. The third-order valence-electron chi connectivity index (χ3n) is 2.79. The van der Waals surface area contributed by atoms with Gasteiger partial charge in [-0.3, -0.25) is 4.68 Å². The number of hydrogen-bond acceptors (Lipinski definition) is 2. The van der Waals surface area contributed by atoms with Gasteiger partial charge in [0, 0.05) is 6.61 Å². The first-order valence-electron chi connectivity index (χ1n) is 5.32. The van der Waals surface area contributed by atoms with Crippen LogP contribution in [0, 0.1) is 6.92 Å². The highest BCUT2D eigenvalue weighted by molar-refractivity contribution is 5.17. The van der Waals surface area contributed by atoms with Gasteiger partial charge in [0.15, 0.2) is 0 Å². The molecule has 102 valence electrons. The average Bonchev–Trinajstić information content (AvgIpc) is 2.83. The molecule has 18 heavy (non-hydrogen) atoms. The quantitative estimate of drug-likeness (QED) is 0.773. The number of halogens is 5. The molecule has 1 fully saturated rings. The number of alkyl halides is 5. The molecule has 3 nitrogen and oxygen atoms in total. The fourth-order valence-corrected chi connectivity index (χ4v) is 1.89. The molecule has 1 atom stereocenters. The molecule has 0 radical (unpaired) electrons. The SMILES string of the molecule is Cc1cc(C(F)(F)C(F)(F)F)n(C2CCOC2)n1. The highest BCUT2D eigenvalue weighted by Gasteiger charge is 2.61. The Kier molecular flexibility index (Phi) is 3.08. The van der Waals surface area contributed by atoms with E-state index in [4.69, 9.17) is 4.74 Å². The van der Waals surface area contributed by atoms with Crippen molar-refractivity contribution >= 4 is 0 Å². The van der Waals surface area contributed by atoms with E-state index in [1.54, 1.807) is 0 Å². The molecule has 0 amide bonds. The van der Waals surface area contributed by atoms with Gasteiger partial charge in [-0.25, -0.2) is 0 Å². The van der Waals surface area contributed by atoms with Gasteiger partial charge in [0.2, 0.25) is 0 Å². The molecule has 0 bridgehead atoms. The second-order valence-electron chi connectivity index (χ2n) is 4.21. The number of hydrogen-bond donors (Lipinski definition) is 0. The maximum atomic E-state index is 13.4. The highest BCUT2D eigenvalue weighted by Crippen LogP contribution is 2.44. The van der Waals surface area contributed by atoms with Gasteiger partial charge in [-0.2, -0.15) is 27.1 Å². The zero-order valence-electron chi connectivity index (χ0n) is 9.47. The minimum Gasteiger partial charge on any atom is -0.379 e. The lowest BCUT2D eigenvalue weighted by molar-refractivity contribution is -0.292. The number of aromatic nitrogens is 2. The fraction of sp³-hybridized carbons (Fsp3) is 0.700. The van der Waals surface area contributed by atoms with Crippen molar-refractivity contribution in [1.82, 2.24) is 9.78 Å². The van der Waals surface area contributed by atoms with E-state index in [2.05, 4.69) is 5.10 Å². The zero-order chi connectivity index (χ0) is 13.6. The molecule has 0 aromatic carbocycles. The third-order valence-corrected chi connectivity index (χ3v) is 2.79. The maximum Gasteiger partial charge on any atom is 0.459 e. The van der Waals surface area contributed by atoms with Gasteiger partial charge in [0.05, 0.1) is 18.3 Å². The Balaban J connectivity index is 2.44. The van der Waals surface area contributed by atoms with Crippen LogP contribution in [0.25, 0.3) is 0 Å². The van der Waals surface area contributed by atoms with E-state index < -0.39 is 23.8 Å². The summed E-state index contributed by atoms with van der Waals surface area (Å²) in [4.78, 5) is 0. The van der Waals surface area contributed by atoms with Crippen LogP contribution in [-0.2, 0) is 10.7 Å². The van der Waals surface area contributed by atoms with Crippen molar-refractivity contribution in [2.75, 3.05) is 13.2 Å². The zero-order valence-corrected chi connectivity index (χ0v) is 9.47. The first kappa shape index (κ1) is 13.3. The van der Waals surface area contributed by atoms with Crippen molar-refractivity contribution in [1.29, 1.82) is 0 Å². The van der Waals surface area contributed by atoms with Crippen LogP contribution in [0.15, 0.2) is 6.07 Å². The summed E-state index contributed by atoms with van der Waals surface area (Å²) in [5.41, 5.74) is -0.996. The first-order chi connectivity index (χ1) is 8.23. The van der Waals surface area contributed by atoms with E-state index in [-0.39, 0.29) is 12.3 Å². The molecule has 1 aromatic rings. The lowest BCUT2D eigenvalue weighted by Crippen LogP contribution is -2.36. The van der Waals surface area contributed by atoms with Crippen LogP contribution >= 0.6 is 0 Å². The van der Waals surface area contributed by atoms with Crippen molar-refractivity contribution in [2.24, 2.45) is 0 Å². The Morgan fingerprint density at radius 3 is 2.50 bits per heavy atom. The van der Waals surface area contributed by atoms with Crippen molar-refractivity contribution in [2.45, 2.75) is 31.5 Å². The molecular weight excluding hydrogens is 259 g/mol. The van der Waals surface area contributed by atoms with Crippen LogP contribution in [-0.4, -0.2) is 29.2 Å². The lowest BCUT2D eigenvalue weighted by atomic mass is 10.2. The standard InChI is InChI=1S/C10H11F5N2O/c1-6-4-8(9(11,12)10(13,14)15)17(16-6)7-2-3-18-5-7/h4,7H,2-3,5H2,1H3. The fourth-order valence-electron chi connectivity index (χ4n) is 1.89. The number of ether oxygens (including phenoxy) is 1. The smallest absolute Gasteiger partial charge is 0.379 e. The van der Waals surface area contributed by atoms with E-state index in [0.717, 1.165) is 10.7 Å². The Morgan fingerprint density at radius 2 is 2.00 bits per heavy atom. The Hall–Kier alpha value is -1.18. The molecule has 8 heteroatoms. The minimum absolute atomic E-state index is 0.0993. The summed E-state index contributed by atoms with van der Waals surface area (Å²) in [6, 6.07) is 0.202. The normalized spacial score (nSPS) is 21.6. The summed E-state index contributed by atoms with van der Waals surface area (Å²) < 4.78 is 69.6. The van der Waals surface area contributed by atoms with Crippen molar-refractivity contribution in [3.8, 4) is 0 Å². The van der Waals surface area contributed by atoms with Gasteiger partial charge in [0.25, 0.3) is 0 Å². The molecule has 1 aliphatic rings.